The lowest BCUT2D eigenvalue weighted by molar-refractivity contribution is -0.132. The van der Waals surface area contributed by atoms with E-state index in [1.807, 2.05) is 50.2 Å². The smallest absolute Gasteiger partial charge is 0.360 e. The quantitative estimate of drug-likeness (QED) is 0.317. The monoisotopic (exact) mass is 384 g/mol. The number of ether oxygens (including phenoxy) is 2. The molecule has 0 saturated carbocycles. The number of methoxy groups -OCH3 is 2. The third-order valence-corrected chi connectivity index (χ3v) is 4.04. The number of hydrogen-bond acceptors (Lipinski definition) is 7. The van der Waals surface area contributed by atoms with E-state index in [1.54, 1.807) is 6.07 Å². The van der Waals surface area contributed by atoms with Crippen LogP contribution in [0.2, 0.25) is 0 Å². The lowest BCUT2D eigenvalue weighted by Crippen LogP contribution is -2.20. The molecule has 7 nitrogen and oxygen atoms in total. The molecule has 0 spiro atoms. The molecule has 0 amide bonds. The van der Waals surface area contributed by atoms with Crippen LogP contribution < -0.4 is 0 Å². The number of rotatable bonds is 7. The van der Waals surface area contributed by atoms with Gasteiger partial charge in [-0.15, -0.1) is 0 Å². The first-order valence-electron chi connectivity index (χ1n) is 8.61. The normalized spacial score (nSPS) is 11.8. The maximum absolute atomic E-state index is 12.1. The summed E-state index contributed by atoms with van der Waals surface area (Å²) < 4.78 is 10.1. The fourth-order valence-electron chi connectivity index (χ4n) is 2.64. The zero-order valence-corrected chi connectivity index (χ0v) is 16.7. The van der Waals surface area contributed by atoms with Crippen LogP contribution in [-0.2, 0) is 30.6 Å². The van der Waals surface area contributed by atoms with E-state index in [4.69, 9.17) is 19.1 Å². The summed E-state index contributed by atoms with van der Waals surface area (Å²) in [5, 5.41) is 7.92. The van der Waals surface area contributed by atoms with Gasteiger partial charge in [0.1, 0.15) is 13.7 Å². The van der Waals surface area contributed by atoms with Crippen molar-refractivity contribution in [3.8, 4) is 0 Å². The van der Waals surface area contributed by atoms with Gasteiger partial charge in [-0.25, -0.2) is 4.79 Å². The van der Waals surface area contributed by atoms with Gasteiger partial charge >= 0.3 is 5.97 Å². The maximum Gasteiger partial charge on any atom is 0.360 e. The molecule has 0 aliphatic rings. The molecule has 0 heterocycles. The molecular formula is C21H24N2O5. The zero-order valence-electron chi connectivity index (χ0n) is 16.7. The molecule has 0 fully saturated rings. The van der Waals surface area contributed by atoms with Crippen LogP contribution in [-0.4, -0.2) is 38.9 Å². The molecule has 2 aromatic carbocycles. The number of carbonyl (C=O) groups is 1. The van der Waals surface area contributed by atoms with Crippen LogP contribution in [0.4, 0.5) is 0 Å². The van der Waals surface area contributed by atoms with Crippen molar-refractivity contribution in [1.82, 2.24) is 0 Å². The number of nitrogens with zero attached hydrogens (tertiary/aromatic N) is 2. The average molecular weight is 384 g/mol. The Hall–Kier alpha value is -3.35. The van der Waals surface area contributed by atoms with Crippen molar-refractivity contribution in [1.29, 1.82) is 0 Å². The molecule has 28 heavy (non-hydrogen) atoms. The summed E-state index contributed by atoms with van der Waals surface area (Å²) in [5.41, 5.74) is 4.16. The van der Waals surface area contributed by atoms with Gasteiger partial charge in [-0.2, -0.15) is 0 Å². The van der Waals surface area contributed by atoms with E-state index in [2.05, 4.69) is 10.3 Å². The molecule has 0 saturated heterocycles. The number of carbonyl (C=O) groups excluding carboxylic acids is 1. The van der Waals surface area contributed by atoms with Gasteiger partial charge < -0.3 is 19.1 Å². The maximum atomic E-state index is 12.1. The minimum Gasteiger partial charge on any atom is -0.479 e. The van der Waals surface area contributed by atoms with Crippen molar-refractivity contribution in [2.75, 3.05) is 21.3 Å². The van der Waals surface area contributed by atoms with E-state index < -0.39 is 5.97 Å². The molecule has 0 aromatic heterocycles. The van der Waals surface area contributed by atoms with E-state index in [-0.39, 0.29) is 12.3 Å². The number of oxime groups is 2. The summed E-state index contributed by atoms with van der Waals surface area (Å²) in [6.45, 7) is 4.01. The molecule has 0 aliphatic carbocycles. The lowest BCUT2D eigenvalue weighted by Gasteiger charge is -2.13. The van der Waals surface area contributed by atoms with Gasteiger partial charge in [0.25, 0.3) is 5.90 Å². The highest BCUT2D eigenvalue weighted by Crippen LogP contribution is 2.18. The number of hydrogen-bond donors (Lipinski definition) is 0. The summed E-state index contributed by atoms with van der Waals surface area (Å²) in [7, 11) is 4.19. The predicted molar refractivity (Wildman–Crippen MR) is 106 cm³/mol. The van der Waals surface area contributed by atoms with Crippen LogP contribution in [0.5, 0.6) is 0 Å². The van der Waals surface area contributed by atoms with Gasteiger partial charge in [-0.3, -0.25) is 0 Å². The summed E-state index contributed by atoms with van der Waals surface area (Å²) in [5.74, 6) is -0.243. The first-order valence-corrected chi connectivity index (χ1v) is 8.61. The molecule has 0 aliphatic heterocycles. The Kier molecular flexibility index (Phi) is 7.56. The lowest BCUT2D eigenvalue weighted by atomic mass is 9.99. The minimum atomic E-state index is -0.602. The van der Waals surface area contributed by atoms with Crippen LogP contribution in [0.25, 0.3) is 0 Å². The second-order valence-electron chi connectivity index (χ2n) is 5.96. The van der Waals surface area contributed by atoms with E-state index in [0.717, 1.165) is 22.3 Å². The van der Waals surface area contributed by atoms with Crippen LogP contribution >= 0.6 is 0 Å². The largest absolute Gasteiger partial charge is 0.479 e. The van der Waals surface area contributed by atoms with Crippen molar-refractivity contribution >= 4 is 17.6 Å². The standard InChI is InChI=1S/C21H24N2O5/c1-14-8-6-10-16(12-14)20(25-3)23-28-13-18-15(2)9-7-11-17(18)19(22-27-5)21(24)26-4/h6-12H,13H2,1-5H3/b22-19+,23-20-. The van der Waals surface area contributed by atoms with Crippen LogP contribution in [0.15, 0.2) is 52.8 Å². The Bertz CT molecular complexity index is 890. The van der Waals surface area contributed by atoms with Crippen LogP contribution in [0.3, 0.4) is 0 Å². The van der Waals surface area contributed by atoms with Gasteiger partial charge in [-0.05, 0) is 36.7 Å². The molecule has 7 heteroatoms. The molecule has 2 rings (SSSR count). The molecule has 0 unspecified atom stereocenters. The molecule has 0 atom stereocenters. The molecule has 0 bridgehead atoms. The summed E-state index contributed by atoms with van der Waals surface area (Å²) in [6, 6.07) is 13.2. The predicted octanol–water partition coefficient (Wildman–Crippen LogP) is 3.35. The number of aryl methyl sites for hydroxylation is 2. The molecular weight excluding hydrogens is 360 g/mol. The highest BCUT2D eigenvalue weighted by Gasteiger charge is 2.20. The van der Waals surface area contributed by atoms with Crippen molar-refractivity contribution in [3.05, 3.63) is 70.3 Å². The van der Waals surface area contributed by atoms with Gasteiger partial charge in [0.15, 0.2) is 5.71 Å². The van der Waals surface area contributed by atoms with E-state index in [0.29, 0.717) is 11.5 Å². The Balaban J connectivity index is 2.31. The highest BCUT2D eigenvalue weighted by atomic mass is 16.6. The third kappa shape index (κ3) is 5.09. The first kappa shape index (κ1) is 21.0. The Labute approximate surface area is 164 Å². The Morgan fingerprint density at radius 3 is 2.36 bits per heavy atom. The van der Waals surface area contributed by atoms with Crippen molar-refractivity contribution < 1.29 is 23.9 Å². The topological polar surface area (TPSA) is 78.7 Å². The van der Waals surface area contributed by atoms with E-state index >= 15 is 0 Å². The Morgan fingerprint density at radius 1 is 0.964 bits per heavy atom. The fraction of sp³-hybridized carbons (Fsp3) is 0.286. The second-order valence-corrected chi connectivity index (χ2v) is 5.96. The van der Waals surface area contributed by atoms with E-state index in [1.165, 1.54) is 21.3 Å². The van der Waals surface area contributed by atoms with Gasteiger partial charge in [0.2, 0.25) is 0 Å². The van der Waals surface area contributed by atoms with Gasteiger partial charge in [0, 0.05) is 16.7 Å². The number of esters is 1. The zero-order chi connectivity index (χ0) is 20.5. The molecule has 0 N–H and O–H groups in total. The van der Waals surface area contributed by atoms with Crippen molar-refractivity contribution in [3.63, 3.8) is 0 Å². The minimum absolute atomic E-state index is 0.0573. The van der Waals surface area contributed by atoms with E-state index in [9.17, 15) is 4.79 Å². The van der Waals surface area contributed by atoms with Crippen LogP contribution in [0, 0.1) is 13.8 Å². The first-order chi connectivity index (χ1) is 13.5. The van der Waals surface area contributed by atoms with Crippen molar-refractivity contribution in [2.24, 2.45) is 10.3 Å². The average Bonchev–Trinajstić information content (AvgIpc) is 2.70. The highest BCUT2D eigenvalue weighted by molar-refractivity contribution is 6.43. The third-order valence-electron chi connectivity index (χ3n) is 4.04. The summed E-state index contributed by atoms with van der Waals surface area (Å²) >= 11 is 0. The SMILES string of the molecule is CO/N=C(/C(=O)OC)c1cccc(C)c1CO/N=C(\OC)c1cccc(C)c1. The fourth-order valence-corrected chi connectivity index (χ4v) is 2.64. The van der Waals surface area contributed by atoms with Gasteiger partial charge in [-0.1, -0.05) is 41.1 Å². The molecule has 148 valence electrons. The molecule has 0 radical (unpaired) electrons. The molecule has 2 aromatic rings. The van der Waals surface area contributed by atoms with Gasteiger partial charge in [0.05, 0.1) is 14.2 Å². The Morgan fingerprint density at radius 2 is 1.71 bits per heavy atom. The number of benzene rings is 2. The summed E-state index contributed by atoms with van der Waals surface area (Å²) in [6.07, 6.45) is 0. The van der Waals surface area contributed by atoms with Crippen molar-refractivity contribution in [2.45, 2.75) is 20.5 Å². The second kappa shape index (κ2) is 10.1. The summed E-state index contributed by atoms with van der Waals surface area (Å²) in [4.78, 5) is 22.4. The van der Waals surface area contributed by atoms with Crippen LogP contribution in [0.1, 0.15) is 27.8 Å².